The van der Waals surface area contributed by atoms with Gasteiger partial charge in [-0.05, 0) is 26.7 Å². The molecule has 0 N–H and O–H groups in total. The largest absolute Gasteiger partial charge is 0.351 e. The monoisotopic (exact) mass is 297 g/mol. The highest BCUT2D eigenvalue weighted by molar-refractivity contribution is 9.09. The van der Waals surface area contributed by atoms with Gasteiger partial charge in [0, 0.05) is 24.1 Å². The third kappa shape index (κ3) is 2.97. The van der Waals surface area contributed by atoms with Crippen molar-refractivity contribution in [2.24, 2.45) is 0 Å². The molecule has 0 atom stereocenters. The second-order valence-electron chi connectivity index (χ2n) is 4.74. The van der Waals surface area contributed by atoms with Crippen LogP contribution in [0.25, 0.3) is 0 Å². The summed E-state index contributed by atoms with van der Waals surface area (Å²) in [7, 11) is 0. The molecule has 1 saturated carbocycles. The van der Waals surface area contributed by atoms with Crippen LogP contribution in [-0.4, -0.2) is 27.9 Å². The van der Waals surface area contributed by atoms with Crippen LogP contribution in [0.4, 0.5) is 5.82 Å². The zero-order valence-electron chi connectivity index (χ0n) is 10.6. The van der Waals surface area contributed by atoms with Gasteiger partial charge in [-0.1, -0.05) is 28.8 Å². The van der Waals surface area contributed by atoms with Gasteiger partial charge in [0.2, 0.25) is 0 Å². The molecule has 0 aliphatic heterocycles. The summed E-state index contributed by atoms with van der Waals surface area (Å²) in [6.45, 7) is 5.08. The van der Waals surface area contributed by atoms with E-state index < -0.39 is 0 Å². The number of alkyl halides is 1. The number of nitrogens with zero attached hydrogens (tertiary/aromatic N) is 3. The first kappa shape index (κ1) is 12.8. The minimum Gasteiger partial charge on any atom is -0.351 e. The molecule has 0 spiro atoms. The fraction of sp³-hybridized carbons (Fsp3) is 0.692. The third-order valence-electron chi connectivity index (χ3n) is 3.41. The number of anilines is 1. The molecule has 0 radical (unpaired) electrons. The van der Waals surface area contributed by atoms with Crippen LogP contribution in [0, 0.1) is 13.8 Å². The lowest BCUT2D eigenvalue weighted by Gasteiger charge is -2.30. The van der Waals surface area contributed by atoms with Gasteiger partial charge in [-0.25, -0.2) is 4.98 Å². The number of aromatic nitrogens is 2. The molecule has 0 saturated heterocycles. The van der Waals surface area contributed by atoms with E-state index in [0.717, 1.165) is 29.1 Å². The van der Waals surface area contributed by atoms with E-state index in [1.165, 1.54) is 25.7 Å². The van der Waals surface area contributed by atoms with Gasteiger partial charge in [-0.3, -0.25) is 4.98 Å². The fourth-order valence-corrected chi connectivity index (χ4v) is 2.95. The number of hydrogen-bond donors (Lipinski definition) is 0. The number of aryl methyl sites for hydroxylation is 2. The quantitative estimate of drug-likeness (QED) is 0.799. The second-order valence-corrected chi connectivity index (χ2v) is 5.53. The van der Waals surface area contributed by atoms with E-state index in [1.807, 2.05) is 13.1 Å². The van der Waals surface area contributed by atoms with Crippen LogP contribution in [0.15, 0.2) is 6.20 Å². The molecule has 1 aliphatic carbocycles. The average Bonchev–Trinajstić information content (AvgIpc) is 2.83. The van der Waals surface area contributed by atoms with Crippen LogP contribution in [-0.2, 0) is 0 Å². The van der Waals surface area contributed by atoms with Gasteiger partial charge in [-0.15, -0.1) is 0 Å². The van der Waals surface area contributed by atoms with Crippen molar-refractivity contribution in [2.45, 2.75) is 45.6 Å². The summed E-state index contributed by atoms with van der Waals surface area (Å²) in [6.07, 6.45) is 7.13. The summed E-state index contributed by atoms with van der Waals surface area (Å²) < 4.78 is 0. The standard InChI is InChI=1S/C13H20BrN3/c1-10-9-15-11(2)13(16-10)17(8-7-14)12-5-3-4-6-12/h9,12H,3-8H2,1-2H3. The Balaban J connectivity index is 2.27. The Morgan fingerprint density at radius 2 is 2.06 bits per heavy atom. The van der Waals surface area contributed by atoms with Gasteiger partial charge in [0.1, 0.15) is 0 Å². The number of hydrogen-bond acceptors (Lipinski definition) is 3. The van der Waals surface area contributed by atoms with Crippen LogP contribution in [0.3, 0.4) is 0 Å². The normalized spacial score (nSPS) is 16.4. The third-order valence-corrected chi connectivity index (χ3v) is 3.77. The van der Waals surface area contributed by atoms with Crippen molar-refractivity contribution >= 4 is 21.7 Å². The molecule has 1 aromatic rings. The van der Waals surface area contributed by atoms with Crippen molar-refractivity contribution in [1.82, 2.24) is 9.97 Å². The Morgan fingerprint density at radius 1 is 1.35 bits per heavy atom. The molecule has 1 aromatic heterocycles. The molecule has 17 heavy (non-hydrogen) atoms. The van der Waals surface area contributed by atoms with Crippen molar-refractivity contribution in [2.75, 3.05) is 16.8 Å². The van der Waals surface area contributed by atoms with Crippen LogP contribution in [0.2, 0.25) is 0 Å². The van der Waals surface area contributed by atoms with Crippen LogP contribution in [0.1, 0.15) is 37.1 Å². The summed E-state index contributed by atoms with van der Waals surface area (Å²) in [5.41, 5.74) is 2.05. The van der Waals surface area contributed by atoms with Gasteiger partial charge in [-0.2, -0.15) is 0 Å². The molecule has 0 aromatic carbocycles. The molecule has 0 bridgehead atoms. The highest BCUT2D eigenvalue weighted by Gasteiger charge is 2.24. The van der Waals surface area contributed by atoms with E-state index >= 15 is 0 Å². The highest BCUT2D eigenvalue weighted by Crippen LogP contribution is 2.28. The van der Waals surface area contributed by atoms with E-state index in [-0.39, 0.29) is 0 Å². The molecule has 1 heterocycles. The Hall–Kier alpha value is -0.640. The first-order chi connectivity index (χ1) is 8.22. The summed E-state index contributed by atoms with van der Waals surface area (Å²) in [5, 5.41) is 0.985. The van der Waals surface area contributed by atoms with Crippen molar-refractivity contribution in [1.29, 1.82) is 0 Å². The van der Waals surface area contributed by atoms with E-state index in [2.05, 4.69) is 37.7 Å². The van der Waals surface area contributed by atoms with Crippen molar-refractivity contribution < 1.29 is 0 Å². The fourth-order valence-electron chi connectivity index (χ4n) is 2.57. The maximum Gasteiger partial charge on any atom is 0.150 e. The molecule has 4 heteroatoms. The summed E-state index contributed by atoms with van der Waals surface area (Å²) in [4.78, 5) is 11.6. The minimum atomic E-state index is 0.655. The highest BCUT2D eigenvalue weighted by atomic mass is 79.9. The SMILES string of the molecule is Cc1cnc(C)c(N(CCBr)C2CCCC2)n1. The topological polar surface area (TPSA) is 29.0 Å². The molecule has 94 valence electrons. The molecule has 2 rings (SSSR count). The molecule has 0 amide bonds. The zero-order valence-corrected chi connectivity index (χ0v) is 12.2. The maximum atomic E-state index is 4.68. The zero-order chi connectivity index (χ0) is 12.3. The van der Waals surface area contributed by atoms with E-state index in [1.54, 1.807) is 0 Å². The van der Waals surface area contributed by atoms with Crippen molar-refractivity contribution in [3.63, 3.8) is 0 Å². The van der Waals surface area contributed by atoms with Crippen molar-refractivity contribution in [3.8, 4) is 0 Å². The molecular weight excluding hydrogens is 278 g/mol. The Kier molecular flexibility index (Phi) is 4.37. The summed E-state index contributed by atoms with van der Waals surface area (Å²) >= 11 is 3.55. The van der Waals surface area contributed by atoms with Gasteiger partial charge in [0.25, 0.3) is 0 Å². The Morgan fingerprint density at radius 3 is 2.71 bits per heavy atom. The van der Waals surface area contributed by atoms with Crippen molar-refractivity contribution in [3.05, 3.63) is 17.6 Å². The van der Waals surface area contributed by atoms with Gasteiger partial charge < -0.3 is 4.90 Å². The molecule has 1 fully saturated rings. The molecular formula is C13H20BrN3. The van der Waals surface area contributed by atoms with Gasteiger partial charge in [0.05, 0.1) is 11.4 Å². The van der Waals surface area contributed by atoms with Crippen LogP contribution < -0.4 is 4.90 Å². The Labute approximate surface area is 112 Å². The average molecular weight is 298 g/mol. The number of halogens is 1. The van der Waals surface area contributed by atoms with Gasteiger partial charge in [0.15, 0.2) is 5.82 Å². The molecule has 3 nitrogen and oxygen atoms in total. The van der Waals surface area contributed by atoms with Crippen LogP contribution >= 0.6 is 15.9 Å². The molecule has 1 aliphatic rings. The van der Waals surface area contributed by atoms with E-state index in [9.17, 15) is 0 Å². The lowest BCUT2D eigenvalue weighted by atomic mass is 10.2. The Bertz CT molecular complexity index is 375. The van der Waals surface area contributed by atoms with E-state index in [4.69, 9.17) is 0 Å². The summed E-state index contributed by atoms with van der Waals surface area (Å²) in [6, 6.07) is 0.655. The summed E-state index contributed by atoms with van der Waals surface area (Å²) in [5.74, 6) is 1.08. The predicted octanol–water partition coefficient (Wildman–Crippen LogP) is 3.24. The van der Waals surface area contributed by atoms with E-state index in [0.29, 0.717) is 6.04 Å². The lowest BCUT2D eigenvalue weighted by molar-refractivity contribution is 0.611. The minimum absolute atomic E-state index is 0.655. The first-order valence-corrected chi connectivity index (χ1v) is 7.47. The second kappa shape index (κ2) is 5.80. The smallest absolute Gasteiger partial charge is 0.150 e. The maximum absolute atomic E-state index is 4.68. The van der Waals surface area contributed by atoms with Gasteiger partial charge >= 0.3 is 0 Å². The number of rotatable bonds is 4. The molecule has 0 unspecified atom stereocenters. The first-order valence-electron chi connectivity index (χ1n) is 6.35. The van der Waals surface area contributed by atoms with Crippen LogP contribution in [0.5, 0.6) is 0 Å². The predicted molar refractivity (Wildman–Crippen MR) is 74.9 cm³/mol. The lowest BCUT2D eigenvalue weighted by Crippen LogP contribution is -2.36.